The fourth-order valence-corrected chi connectivity index (χ4v) is 1.40. The number of ether oxygens (including phenoxy) is 1. The number of nitrogens with one attached hydrogen (secondary N) is 1. The van der Waals surface area contributed by atoms with E-state index in [0.717, 1.165) is 0 Å². The van der Waals surface area contributed by atoms with Crippen molar-refractivity contribution in [3.63, 3.8) is 0 Å². The van der Waals surface area contributed by atoms with Crippen molar-refractivity contribution < 1.29 is 9.53 Å². The second-order valence-corrected chi connectivity index (χ2v) is 3.48. The molecule has 0 aliphatic carbocycles. The molecule has 2 aromatic rings. The Hall–Kier alpha value is -2.63. The van der Waals surface area contributed by atoms with Crippen molar-refractivity contribution in [2.75, 3.05) is 12.4 Å². The van der Waals surface area contributed by atoms with Crippen LogP contribution in [0.3, 0.4) is 0 Å². The first-order valence-corrected chi connectivity index (χ1v) is 5.22. The lowest BCUT2D eigenvalue weighted by atomic mass is 10.2. The molecule has 0 aromatic carbocycles. The normalized spacial score (nSPS) is 9.83. The highest BCUT2D eigenvalue weighted by Gasteiger charge is 2.05. The fourth-order valence-electron chi connectivity index (χ4n) is 1.40. The van der Waals surface area contributed by atoms with E-state index in [2.05, 4.69) is 15.3 Å². The quantitative estimate of drug-likeness (QED) is 0.846. The van der Waals surface area contributed by atoms with Crippen LogP contribution < -0.4 is 15.8 Å². The summed E-state index contributed by atoms with van der Waals surface area (Å²) in [4.78, 5) is 19.0. The fraction of sp³-hybridized carbons (Fsp3) is 0.0833. The smallest absolute Gasteiger partial charge is 0.250 e. The summed E-state index contributed by atoms with van der Waals surface area (Å²) in [5, 5.41) is 3.04. The van der Waals surface area contributed by atoms with E-state index in [4.69, 9.17) is 10.5 Å². The third-order valence-electron chi connectivity index (χ3n) is 2.28. The SMILES string of the molecule is COc1ncccc1Nc1ccc(C(N)=O)cn1. The van der Waals surface area contributed by atoms with E-state index in [1.807, 2.05) is 6.07 Å². The Morgan fingerprint density at radius 2 is 2.17 bits per heavy atom. The Morgan fingerprint density at radius 1 is 1.33 bits per heavy atom. The van der Waals surface area contributed by atoms with Crippen LogP contribution in [0.5, 0.6) is 5.88 Å². The molecule has 0 aliphatic heterocycles. The van der Waals surface area contributed by atoms with E-state index in [1.165, 1.54) is 13.3 Å². The zero-order valence-corrected chi connectivity index (χ0v) is 9.75. The van der Waals surface area contributed by atoms with Gasteiger partial charge >= 0.3 is 0 Å². The number of nitrogens with two attached hydrogens (primary N) is 1. The molecule has 18 heavy (non-hydrogen) atoms. The number of carbonyl (C=O) groups is 1. The van der Waals surface area contributed by atoms with Crippen LogP contribution >= 0.6 is 0 Å². The molecule has 0 spiro atoms. The van der Waals surface area contributed by atoms with Gasteiger partial charge < -0.3 is 15.8 Å². The maximum Gasteiger partial charge on any atom is 0.250 e. The molecule has 2 aromatic heterocycles. The van der Waals surface area contributed by atoms with Gasteiger partial charge in [-0.05, 0) is 24.3 Å². The molecule has 0 radical (unpaired) electrons. The van der Waals surface area contributed by atoms with Gasteiger partial charge in [0, 0.05) is 12.4 Å². The van der Waals surface area contributed by atoms with Crippen molar-refractivity contribution in [2.45, 2.75) is 0 Å². The molecule has 2 rings (SSSR count). The number of carbonyl (C=O) groups excluding carboxylic acids is 1. The maximum absolute atomic E-state index is 10.9. The van der Waals surface area contributed by atoms with Gasteiger partial charge in [0.1, 0.15) is 11.5 Å². The van der Waals surface area contributed by atoms with E-state index >= 15 is 0 Å². The lowest BCUT2D eigenvalue weighted by Crippen LogP contribution is -2.11. The minimum absolute atomic E-state index is 0.360. The summed E-state index contributed by atoms with van der Waals surface area (Å²) < 4.78 is 5.10. The zero-order chi connectivity index (χ0) is 13.0. The number of nitrogens with zero attached hydrogens (tertiary/aromatic N) is 2. The van der Waals surface area contributed by atoms with Crippen LogP contribution in [-0.2, 0) is 0 Å². The number of methoxy groups -OCH3 is 1. The third-order valence-corrected chi connectivity index (χ3v) is 2.28. The monoisotopic (exact) mass is 244 g/mol. The van der Waals surface area contributed by atoms with Crippen molar-refractivity contribution in [1.29, 1.82) is 0 Å². The van der Waals surface area contributed by atoms with Crippen LogP contribution in [0.2, 0.25) is 0 Å². The standard InChI is InChI=1S/C12H12N4O2/c1-18-12-9(3-2-6-14-12)16-10-5-4-8(7-15-10)11(13)17/h2-7H,1H3,(H2,13,17)(H,15,16). The number of pyridine rings is 2. The number of amides is 1. The zero-order valence-electron chi connectivity index (χ0n) is 9.75. The highest BCUT2D eigenvalue weighted by molar-refractivity contribution is 5.92. The molecule has 92 valence electrons. The van der Waals surface area contributed by atoms with E-state index in [9.17, 15) is 4.79 Å². The number of hydrogen-bond donors (Lipinski definition) is 2. The number of anilines is 2. The molecule has 0 bridgehead atoms. The van der Waals surface area contributed by atoms with Crippen molar-refractivity contribution in [1.82, 2.24) is 9.97 Å². The third kappa shape index (κ3) is 2.54. The lowest BCUT2D eigenvalue weighted by molar-refractivity contribution is 0.1000. The summed E-state index contributed by atoms with van der Waals surface area (Å²) in [6.07, 6.45) is 3.04. The van der Waals surface area contributed by atoms with Gasteiger partial charge in [0.05, 0.1) is 12.7 Å². The molecule has 6 heteroatoms. The topological polar surface area (TPSA) is 90.1 Å². The molecule has 1 amide bonds. The Kier molecular flexibility index (Phi) is 3.38. The Balaban J connectivity index is 2.21. The van der Waals surface area contributed by atoms with E-state index in [-0.39, 0.29) is 0 Å². The Labute approximate surface area is 104 Å². The lowest BCUT2D eigenvalue weighted by Gasteiger charge is -2.08. The van der Waals surface area contributed by atoms with E-state index in [0.29, 0.717) is 22.9 Å². The molecule has 0 saturated heterocycles. The highest BCUT2D eigenvalue weighted by atomic mass is 16.5. The van der Waals surface area contributed by atoms with Gasteiger partial charge in [0.15, 0.2) is 0 Å². The van der Waals surface area contributed by atoms with E-state index < -0.39 is 5.91 Å². The molecule has 0 saturated carbocycles. The van der Waals surface area contributed by atoms with Gasteiger partial charge in [-0.3, -0.25) is 4.79 Å². The second kappa shape index (κ2) is 5.13. The van der Waals surface area contributed by atoms with Crippen molar-refractivity contribution in [3.05, 3.63) is 42.2 Å². The van der Waals surface area contributed by atoms with Crippen LogP contribution in [0, 0.1) is 0 Å². The van der Waals surface area contributed by atoms with Crippen LogP contribution in [0.25, 0.3) is 0 Å². The van der Waals surface area contributed by atoms with Crippen molar-refractivity contribution in [3.8, 4) is 5.88 Å². The summed E-state index contributed by atoms with van der Waals surface area (Å²) in [7, 11) is 1.54. The number of hydrogen-bond acceptors (Lipinski definition) is 5. The van der Waals surface area contributed by atoms with Gasteiger partial charge in [-0.2, -0.15) is 0 Å². The van der Waals surface area contributed by atoms with Gasteiger partial charge in [0.2, 0.25) is 11.8 Å². The number of primary amides is 1. The molecule has 0 unspecified atom stereocenters. The van der Waals surface area contributed by atoms with Crippen LogP contribution in [0.4, 0.5) is 11.5 Å². The Bertz CT molecular complexity index is 554. The molecule has 0 atom stereocenters. The van der Waals surface area contributed by atoms with Gasteiger partial charge in [-0.1, -0.05) is 0 Å². The molecule has 0 fully saturated rings. The summed E-state index contributed by atoms with van der Waals surface area (Å²) in [5.74, 6) is 0.539. The number of rotatable bonds is 4. The van der Waals surface area contributed by atoms with Crippen LogP contribution in [0.15, 0.2) is 36.7 Å². The van der Waals surface area contributed by atoms with Crippen molar-refractivity contribution >= 4 is 17.4 Å². The Morgan fingerprint density at radius 3 is 2.78 bits per heavy atom. The predicted octanol–water partition coefficient (Wildman–Crippen LogP) is 1.33. The summed E-state index contributed by atoms with van der Waals surface area (Å²) >= 11 is 0. The maximum atomic E-state index is 10.9. The number of aromatic nitrogens is 2. The molecular formula is C12H12N4O2. The molecular weight excluding hydrogens is 232 g/mol. The largest absolute Gasteiger partial charge is 0.480 e. The summed E-state index contributed by atoms with van der Waals surface area (Å²) in [6, 6.07) is 6.85. The average molecular weight is 244 g/mol. The molecule has 2 heterocycles. The first kappa shape index (κ1) is 11.8. The average Bonchev–Trinajstić information content (AvgIpc) is 2.40. The first-order valence-electron chi connectivity index (χ1n) is 5.22. The molecule has 6 nitrogen and oxygen atoms in total. The molecule has 3 N–H and O–H groups in total. The second-order valence-electron chi connectivity index (χ2n) is 3.48. The minimum Gasteiger partial charge on any atom is -0.480 e. The predicted molar refractivity (Wildman–Crippen MR) is 66.8 cm³/mol. The van der Waals surface area contributed by atoms with Crippen molar-refractivity contribution in [2.24, 2.45) is 5.73 Å². The van der Waals surface area contributed by atoms with E-state index in [1.54, 1.807) is 24.4 Å². The summed E-state index contributed by atoms with van der Waals surface area (Å²) in [5.41, 5.74) is 6.19. The summed E-state index contributed by atoms with van der Waals surface area (Å²) in [6.45, 7) is 0. The van der Waals surface area contributed by atoms with Gasteiger partial charge in [-0.25, -0.2) is 9.97 Å². The molecule has 0 aliphatic rings. The van der Waals surface area contributed by atoms with Crippen LogP contribution in [-0.4, -0.2) is 23.0 Å². The highest BCUT2D eigenvalue weighted by Crippen LogP contribution is 2.23. The minimum atomic E-state index is -0.506. The van der Waals surface area contributed by atoms with Gasteiger partial charge in [-0.15, -0.1) is 0 Å². The van der Waals surface area contributed by atoms with Crippen LogP contribution in [0.1, 0.15) is 10.4 Å². The first-order chi connectivity index (χ1) is 8.70. The van der Waals surface area contributed by atoms with Gasteiger partial charge in [0.25, 0.3) is 0 Å².